The second-order valence-corrected chi connectivity index (χ2v) is 5.22. The van der Waals surface area contributed by atoms with Crippen molar-refractivity contribution in [2.45, 2.75) is 11.1 Å². The number of rotatable bonds is 1. The molecule has 90 valence electrons. The van der Waals surface area contributed by atoms with Gasteiger partial charge < -0.3 is 0 Å². The Morgan fingerprint density at radius 1 is 1.25 bits per heavy atom. The van der Waals surface area contributed by atoms with E-state index in [1.807, 2.05) is 0 Å². The Morgan fingerprint density at radius 2 is 1.75 bits per heavy atom. The van der Waals surface area contributed by atoms with Gasteiger partial charge in [-0.15, -0.1) is 0 Å². The fourth-order valence-corrected chi connectivity index (χ4v) is 2.35. The largest absolute Gasteiger partial charge is 0.420 e. The van der Waals surface area contributed by atoms with E-state index in [0.717, 1.165) is 0 Å². The topological polar surface area (TPSA) is 60.2 Å². The van der Waals surface area contributed by atoms with Crippen LogP contribution in [0.5, 0.6) is 0 Å². The van der Waals surface area contributed by atoms with Gasteiger partial charge in [-0.2, -0.15) is 13.2 Å². The van der Waals surface area contributed by atoms with Crippen molar-refractivity contribution in [1.82, 2.24) is 0 Å². The van der Waals surface area contributed by atoms with Crippen molar-refractivity contribution in [1.29, 1.82) is 0 Å². The smallest absolute Gasteiger partial charge is 0.225 e. The first-order valence-corrected chi connectivity index (χ1v) is 5.96. The van der Waals surface area contributed by atoms with Crippen molar-refractivity contribution in [2.75, 3.05) is 0 Å². The predicted octanol–water partition coefficient (Wildman–Crippen LogP) is 2.25. The summed E-state index contributed by atoms with van der Waals surface area (Å²) in [6, 6.07) is 0.824. The first-order chi connectivity index (χ1) is 7.03. The number of hydrogen-bond donors (Lipinski definition) is 1. The fourth-order valence-electron chi connectivity index (χ4n) is 0.985. The van der Waals surface area contributed by atoms with Crippen LogP contribution in [0.15, 0.2) is 21.5 Å². The van der Waals surface area contributed by atoms with Crippen LogP contribution in [0.25, 0.3) is 0 Å². The average Bonchev–Trinajstić information content (AvgIpc) is 1.97. The van der Waals surface area contributed by atoms with Crippen molar-refractivity contribution in [3.05, 3.63) is 28.0 Å². The van der Waals surface area contributed by atoms with Crippen LogP contribution in [-0.4, -0.2) is 8.42 Å². The zero-order chi connectivity index (χ0) is 12.7. The second kappa shape index (κ2) is 3.97. The molecule has 2 N–H and O–H groups in total. The van der Waals surface area contributed by atoms with Crippen molar-refractivity contribution in [3.8, 4) is 0 Å². The third kappa shape index (κ3) is 2.71. The maximum absolute atomic E-state index is 13.1. The Kier molecular flexibility index (Phi) is 3.32. The van der Waals surface area contributed by atoms with Gasteiger partial charge in [0.05, 0.1) is 4.90 Å². The number of sulfonamides is 1. The molecule has 0 heterocycles. The molecule has 0 aromatic heterocycles. The second-order valence-electron chi connectivity index (χ2n) is 2.80. The monoisotopic (exact) mass is 321 g/mol. The summed E-state index contributed by atoms with van der Waals surface area (Å²) < 4.78 is 70.8. The fraction of sp³-hybridized carbons (Fsp3) is 0.143. The van der Waals surface area contributed by atoms with E-state index in [1.54, 1.807) is 0 Å². The highest BCUT2D eigenvalue weighted by Gasteiger charge is 2.37. The Bertz CT molecular complexity index is 503. The van der Waals surface area contributed by atoms with E-state index in [2.05, 4.69) is 21.1 Å². The third-order valence-corrected chi connectivity index (χ3v) is 3.15. The van der Waals surface area contributed by atoms with E-state index in [-0.39, 0.29) is 6.07 Å². The number of alkyl halides is 3. The number of nitrogens with two attached hydrogens (primary N) is 1. The first kappa shape index (κ1) is 13.4. The van der Waals surface area contributed by atoms with E-state index < -0.39 is 36.9 Å². The molecule has 1 aromatic carbocycles. The van der Waals surface area contributed by atoms with E-state index >= 15 is 0 Å². The predicted molar refractivity (Wildman–Crippen MR) is 50.5 cm³/mol. The lowest BCUT2D eigenvalue weighted by Gasteiger charge is -2.11. The Balaban J connectivity index is 3.53. The standard InChI is InChI=1S/C7H4BrF4NO2S/c8-4-1-3(16(13,14)15)2-5(9)6(4)7(10,11)12/h1-2H,(H2,13,14,15). The highest BCUT2D eigenvalue weighted by Crippen LogP contribution is 2.37. The van der Waals surface area contributed by atoms with Gasteiger partial charge in [-0.25, -0.2) is 17.9 Å². The zero-order valence-corrected chi connectivity index (χ0v) is 9.75. The molecule has 0 saturated heterocycles. The molecule has 0 unspecified atom stereocenters. The number of benzene rings is 1. The van der Waals surface area contributed by atoms with Crippen LogP contribution in [0.4, 0.5) is 17.6 Å². The normalized spacial score (nSPS) is 12.9. The van der Waals surface area contributed by atoms with Gasteiger partial charge in [0.15, 0.2) is 0 Å². The van der Waals surface area contributed by atoms with Crippen LogP contribution in [0.2, 0.25) is 0 Å². The van der Waals surface area contributed by atoms with Crippen LogP contribution >= 0.6 is 15.9 Å². The summed E-state index contributed by atoms with van der Waals surface area (Å²) >= 11 is 2.45. The van der Waals surface area contributed by atoms with Crippen molar-refractivity contribution in [2.24, 2.45) is 5.14 Å². The van der Waals surface area contributed by atoms with Crippen LogP contribution in [0, 0.1) is 5.82 Å². The van der Waals surface area contributed by atoms with E-state index in [9.17, 15) is 26.0 Å². The van der Waals surface area contributed by atoms with Gasteiger partial charge >= 0.3 is 6.18 Å². The lowest BCUT2D eigenvalue weighted by atomic mass is 10.2. The summed E-state index contributed by atoms with van der Waals surface area (Å²) in [7, 11) is -4.25. The molecule has 1 aromatic rings. The molecule has 3 nitrogen and oxygen atoms in total. The minimum Gasteiger partial charge on any atom is -0.225 e. The molecule has 0 bridgehead atoms. The molecule has 0 fully saturated rings. The molecule has 0 saturated carbocycles. The van der Waals surface area contributed by atoms with Gasteiger partial charge in [0.1, 0.15) is 11.4 Å². The Hall–Kier alpha value is -0.670. The summed E-state index contributed by atoms with van der Waals surface area (Å²) in [5, 5.41) is 4.66. The van der Waals surface area contributed by atoms with Crippen molar-refractivity contribution in [3.63, 3.8) is 0 Å². The molecule has 9 heteroatoms. The van der Waals surface area contributed by atoms with Gasteiger partial charge in [0, 0.05) is 4.47 Å². The number of halogens is 5. The van der Waals surface area contributed by atoms with Crippen LogP contribution < -0.4 is 5.14 Å². The molecule has 0 atom stereocenters. The van der Waals surface area contributed by atoms with E-state index in [4.69, 9.17) is 0 Å². The molecule has 0 aliphatic rings. The molecule has 0 amide bonds. The zero-order valence-electron chi connectivity index (χ0n) is 7.35. The summed E-state index contributed by atoms with van der Waals surface area (Å²) in [5.74, 6) is -1.70. The van der Waals surface area contributed by atoms with Crippen LogP contribution in [0.1, 0.15) is 5.56 Å². The van der Waals surface area contributed by atoms with Crippen molar-refractivity contribution < 1.29 is 26.0 Å². The molecule has 0 spiro atoms. The third-order valence-electron chi connectivity index (χ3n) is 1.63. The molecular formula is C7H4BrF4NO2S. The van der Waals surface area contributed by atoms with Gasteiger partial charge in [-0.05, 0) is 12.1 Å². The Morgan fingerprint density at radius 3 is 2.06 bits per heavy atom. The highest BCUT2D eigenvalue weighted by atomic mass is 79.9. The average molecular weight is 322 g/mol. The first-order valence-electron chi connectivity index (χ1n) is 3.62. The summed E-state index contributed by atoms with van der Waals surface area (Å²) in [4.78, 5) is -0.732. The number of hydrogen-bond acceptors (Lipinski definition) is 2. The van der Waals surface area contributed by atoms with Crippen LogP contribution in [-0.2, 0) is 16.2 Å². The lowest BCUT2D eigenvalue weighted by molar-refractivity contribution is -0.140. The van der Waals surface area contributed by atoms with Gasteiger partial charge in [0.2, 0.25) is 10.0 Å². The van der Waals surface area contributed by atoms with Crippen molar-refractivity contribution >= 4 is 26.0 Å². The summed E-state index contributed by atoms with van der Waals surface area (Å²) in [6.45, 7) is 0. The van der Waals surface area contributed by atoms with E-state index in [0.29, 0.717) is 6.07 Å². The van der Waals surface area contributed by atoms with Gasteiger partial charge in [0.25, 0.3) is 0 Å². The highest BCUT2D eigenvalue weighted by molar-refractivity contribution is 9.10. The maximum Gasteiger partial charge on any atom is 0.420 e. The van der Waals surface area contributed by atoms with Gasteiger partial charge in [-0.1, -0.05) is 15.9 Å². The molecule has 0 radical (unpaired) electrons. The lowest BCUT2D eigenvalue weighted by Crippen LogP contribution is -2.15. The molecule has 1 rings (SSSR count). The quantitative estimate of drug-likeness (QED) is 0.806. The Labute approximate surface area is 96.4 Å². The minimum absolute atomic E-state index is 0.225. The molecule has 0 aliphatic carbocycles. The van der Waals surface area contributed by atoms with Gasteiger partial charge in [-0.3, -0.25) is 0 Å². The summed E-state index contributed by atoms with van der Waals surface area (Å²) in [6.07, 6.45) is -4.92. The molecular weight excluding hydrogens is 318 g/mol. The summed E-state index contributed by atoms with van der Waals surface area (Å²) in [5.41, 5.74) is -1.57. The SMILES string of the molecule is NS(=O)(=O)c1cc(F)c(C(F)(F)F)c(Br)c1. The minimum atomic E-state index is -4.92. The number of primary sulfonamides is 1. The van der Waals surface area contributed by atoms with E-state index in [1.165, 1.54) is 0 Å². The maximum atomic E-state index is 13.1. The van der Waals surface area contributed by atoms with Crippen LogP contribution in [0.3, 0.4) is 0 Å². The molecule has 0 aliphatic heterocycles. The molecule has 16 heavy (non-hydrogen) atoms.